The van der Waals surface area contributed by atoms with Gasteiger partial charge in [0.25, 0.3) is 5.56 Å². The van der Waals surface area contributed by atoms with Gasteiger partial charge in [0, 0.05) is 16.8 Å². The molecule has 0 unspecified atom stereocenters. The highest BCUT2D eigenvalue weighted by Gasteiger charge is 2.13. The lowest BCUT2D eigenvalue weighted by Gasteiger charge is -2.10. The van der Waals surface area contributed by atoms with E-state index in [0.29, 0.717) is 28.1 Å². The van der Waals surface area contributed by atoms with Gasteiger partial charge >= 0.3 is 5.97 Å². The first-order valence-corrected chi connectivity index (χ1v) is 7.86. The third kappa shape index (κ3) is 4.02. The molecule has 0 spiro atoms. The Kier molecular flexibility index (Phi) is 4.99. The first kappa shape index (κ1) is 17.9. The zero-order valence-electron chi connectivity index (χ0n) is 13.9. The molecular formula is C20H13FN2O4. The van der Waals surface area contributed by atoms with E-state index in [1.807, 2.05) is 6.07 Å². The molecule has 6 nitrogen and oxygen atoms in total. The van der Waals surface area contributed by atoms with E-state index in [2.05, 4.69) is 4.98 Å². The van der Waals surface area contributed by atoms with Gasteiger partial charge in [0.05, 0.1) is 0 Å². The number of rotatable bonds is 5. The maximum atomic E-state index is 13.2. The maximum Gasteiger partial charge on any atom is 0.341 e. The van der Waals surface area contributed by atoms with E-state index >= 15 is 0 Å². The van der Waals surface area contributed by atoms with Crippen LogP contribution in [0, 0.1) is 17.1 Å². The molecule has 1 aromatic heterocycles. The number of nitrogens with zero attached hydrogens (tertiary/aromatic N) is 1. The van der Waals surface area contributed by atoms with Crippen molar-refractivity contribution in [2.45, 2.75) is 0 Å². The molecule has 134 valence electrons. The molecule has 0 aliphatic heterocycles. The van der Waals surface area contributed by atoms with Crippen LogP contribution in [0.2, 0.25) is 0 Å². The molecule has 3 rings (SSSR count). The summed E-state index contributed by atoms with van der Waals surface area (Å²) in [7, 11) is 0. The SMILES string of the molecule is N#Cc1c(-c2ccc(F)cc2)cc(-c2cccc(OCC(=O)O)c2)[nH]c1=O. The second kappa shape index (κ2) is 7.54. The topological polar surface area (TPSA) is 103 Å². The molecule has 0 aliphatic carbocycles. The van der Waals surface area contributed by atoms with Crippen molar-refractivity contribution in [2.75, 3.05) is 6.61 Å². The van der Waals surface area contributed by atoms with Crippen molar-refractivity contribution in [3.8, 4) is 34.2 Å². The second-order valence-corrected chi connectivity index (χ2v) is 5.63. The third-order valence-electron chi connectivity index (χ3n) is 3.81. The quantitative estimate of drug-likeness (QED) is 0.724. The van der Waals surface area contributed by atoms with E-state index in [1.165, 1.54) is 24.3 Å². The van der Waals surface area contributed by atoms with Crippen molar-refractivity contribution < 1.29 is 19.0 Å². The van der Waals surface area contributed by atoms with Crippen molar-refractivity contribution >= 4 is 5.97 Å². The van der Waals surface area contributed by atoms with Crippen LogP contribution >= 0.6 is 0 Å². The number of ether oxygens (including phenoxy) is 1. The molecule has 1 heterocycles. The summed E-state index contributed by atoms with van der Waals surface area (Å²) in [5.41, 5.74) is 1.23. The lowest BCUT2D eigenvalue weighted by Crippen LogP contribution is -2.13. The fourth-order valence-corrected chi connectivity index (χ4v) is 2.58. The molecule has 7 heteroatoms. The number of benzene rings is 2. The standard InChI is InChI=1S/C20H13FN2O4/c21-14-6-4-12(5-7-14)16-9-18(23-20(26)17(16)10-22)13-2-1-3-15(8-13)27-11-19(24)25/h1-9H,11H2,(H,23,26)(H,24,25). The Morgan fingerprint density at radius 2 is 1.89 bits per heavy atom. The summed E-state index contributed by atoms with van der Waals surface area (Å²) in [5, 5.41) is 18.0. The van der Waals surface area contributed by atoms with Crippen molar-refractivity contribution in [3.05, 3.63) is 76.3 Å². The Morgan fingerprint density at radius 1 is 1.15 bits per heavy atom. The highest BCUT2D eigenvalue weighted by Crippen LogP contribution is 2.28. The summed E-state index contributed by atoms with van der Waals surface area (Å²) < 4.78 is 18.3. The molecule has 0 amide bonds. The van der Waals surface area contributed by atoms with Gasteiger partial charge in [-0.3, -0.25) is 4.79 Å². The Bertz CT molecular complexity index is 1100. The summed E-state index contributed by atoms with van der Waals surface area (Å²) >= 11 is 0. The second-order valence-electron chi connectivity index (χ2n) is 5.63. The van der Waals surface area contributed by atoms with Crippen LogP contribution in [0.3, 0.4) is 0 Å². The number of pyridine rings is 1. The molecule has 0 saturated heterocycles. The van der Waals surface area contributed by atoms with Gasteiger partial charge in [0.15, 0.2) is 6.61 Å². The molecule has 0 aliphatic rings. The van der Waals surface area contributed by atoms with Crippen molar-refractivity contribution in [1.82, 2.24) is 4.98 Å². The van der Waals surface area contributed by atoms with Crippen LogP contribution in [0.15, 0.2) is 59.4 Å². The largest absolute Gasteiger partial charge is 0.482 e. The normalized spacial score (nSPS) is 10.2. The summed E-state index contributed by atoms with van der Waals surface area (Å²) in [4.78, 5) is 25.6. The number of carboxylic acids is 1. The zero-order valence-corrected chi connectivity index (χ0v) is 13.9. The Hall–Kier alpha value is -3.92. The van der Waals surface area contributed by atoms with E-state index in [0.717, 1.165) is 0 Å². The molecular weight excluding hydrogens is 351 g/mol. The number of halogens is 1. The number of nitrogens with one attached hydrogen (secondary N) is 1. The van der Waals surface area contributed by atoms with E-state index in [9.17, 15) is 19.2 Å². The number of H-pyrrole nitrogens is 1. The number of aromatic nitrogens is 1. The summed E-state index contributed by atoms with van der Waals surface area (Å²) in [6.07, 6.45) is 0. The highest BCUT2D eigenvalue weighted by molar-refractivity contribution is 5.75. The number of aromatic amines is 1. The predicted octanol–water partition coefficient (Wildman–Crippen LogP) is 3.18. The van der Waals surface area contributed by atoms with E-state index < -0.39 is 24.0 Å². The maximum absolute atomic E-state index is 13.2. The van der Waals surface area contributed by atoms with Crippen LogP contribution in [-0.2, 0) is 4.79 Å². The number of hydrogen-bond donors (Lipinski definition) is 2. The van der Waals surface area contributed by atoms with Crippen LogP contribution in [-0.4, -0.2) is 22.7 Å². The number of carboxylic acid groups (broad SMARTS) is 1. The molecule has 2 N–H and O–H groups in total. The number of aliphatic carboxylic acids is 1. The lowest BCUT2D eigenvalue weighted by atomic mass is 9.99. The van der Waals surface area contributed by atoms with Crippen LogP contribution in [0.1, 0.15) is 5.56 Å². The first-order chi connectivity index (χ1) is 13.0. The number of hydrogen-bond acceptors (Lipinski definition) is 4. The van der Waals surface area contributed by atoms with E-state index in [-0.39, 0.29) is 5.56 Å². The molecule has 27 heavy (non-hydrogen) atoms. The highest BCUT2D eigenvalue weighted by atomic mass is 19.1. The average Bonchev–Trinajstić information content (AvgIpc) is 2.66. The Balaban J connectivity index is 2.09. The van der Waals surface area contributed by atoms with Gasteiger partial charge in [-0.05, 0) is 35.9 Å². The molecule has 0 fully saturated rings. The number of nitriles is 1. The first-order valence-electron chi connectivity index (χ1n) is 7.86. The third-order valence-corrected chi connectivity index (χ3v) is 3.81. The van der Waals surface area contributed by atoms with Gasteiger partial charge in [-0.1, -0.05) is 24.3 Å². The van der Waals surface area contributed by atoms with Crippen molar-refractivity contribution in [3.63, 3.8) is 0 Å². The van der Waals surface area contributed by atoms with E-state index in [4.69, 9.17) is 9.84 Å². The molecule has 0 radical (unpaired) electrons. The van der Waals surface area contributed by atoms with Gasteiger partial charge in [-0.2, -0.15) is 5.26 Å². The van der Waals surface area contributed by atoms with Gasteiger partial charge in [0.1, 0.15) is 23.2 Å². The van der Waals surface area contributed by atoms with Gasteiger partial charge in [-0.15, -0.1) is 0 Å². The summed E-state index contributed by atoms with van der Waals surface area (Å²) in [5.74, 6) is -1.21. The van der Waals surface area contributed by atoms with Gasteiger partial charge in [0.2, 0.25) is 0 Å². The minimum Gasteiger partial charge on any atom is -0.482 e. The Labute approximate surface area is 153 Å². The molecule has 3 aromatic rings. The van der Waals surface area contributed by atoms with Crippen LogP contribution in [0.25, 0.3) is 22.4 Å². The molecule has 0 atom stereocenters. The molecule has 0 saturated carbocycles. The van der Waals surface area contributed by atoms with Crippen molar-refractivity contribution in [2.24, 2.45) is 0 Å². The molecule has 2 aromatic carbocycles. The van der Waals surface area contributed by atoms with Crippen molar-refractivity contribution in [1.29, 1.82) is 5.26 Å². The summed E-state index contributed by atoms with van der Waals surface area (Å²) in [6, 6.07) is 15.5. The zero-order chi connectivity index (χ0) is 19.4. The smallest absolute Gasteiger partial charge is 0.341 e. The van der Waals surface area contributed by atoms with Gasteiger partial charge < -0.3 is 14.8 Å². The van der Waals surface area contributed by atoms with Crippen LogP contribution in [0.5, 0.6) is 5.75 Å². The minimum atomic E-state index is -1.11. The fourth-order valence-electron chi connectivity index (χ4n) is 2.58. The van der Waals surface area contributed by atoms with E-state index in [1.54, 1.807) is 30.3 Å². The fraction of sp³-hybridized carbons (Fsp3) is 0.0500. The average molecular weight is 364 g/mol. The van der Waals surface area contributed by atoms with Crippen LogP contribution in [0.4, 0.5) is 4.39 Å². The number of carbonyl (C=O) groups is 1. The monoisotopic (exact) mass is 364 g/mol. The molecule has 0 bridgehead atoms. The lowest BCUT2D eigenvalue weighted by molar-refractivity contribution is -0.139. The summed E-state index contributed by atoms with van der Waals surface area (Å²) in [6.45, 7) is -0.492. The van der Waals surface area contributed by atoms with Gasteiger partial charge in [-0.25, -0.2) is 9.18 Å². The van der Waals surface area contributed by atoms with Crippen LogP contribution < -0.4 is 10.3 Å². The Morgan fingerprint density at radius 3 is 2.56 bits per heavy atom. The predicted molar refractivity (Wildman–Crippen MR) is 95.7 cm³/mol. The minimum absolute atomic E-state index is 0.0800.